The summed E-state index contributed by atoms with van der Waals surface area (Å²) >= 11 is 5.01. The molecule has 1 aromatic rings. The van der Waals surface area contributed by atoms with Crippen molar-refractivity contribution in [3.05, 3.63) is 34.1 Å². The molecule has 0 amide bonds. The van der Waals surface area contributed by atoms with Gasteiger partial charge < -0.3 is 5.11 Å². The van der Waals surface area contributed by atoms with Crippen molar-refractivity contribution in [3.8, 4) is 0 Å². The molecule has 1 heterocycles. The summed E-state index contributed by atoms with van der Waals surface area (Å²) in [6.45, 7) is 0. The molecule has 1 aliphatic heterocycles. The number of aliphatic hydroxyl groups is 1. The summed E-state index contributed by atoms with van der Waals surface area (Å²) in [5.74, 6) is 1.49. The summed E-state index contributed by atoms with van der Waals surface area (Å²) < 4.78 is 13.8. The number of hydrogen-bond acceptors (Lipinski definition) is 2. The fraction of sp³-hybridized carbons (Fsp3) is 0.455. The molecule has 0 spiro atoms. The van der Waals surface area contributed by atoms with E-state index in [0.29, 0.717) is 6.42 Å². The van der Waals surface area contributed by atoms with Crippen molar-refractivity contribution >= 4 is 27.7 Å². The Labute approximate surface area is 101 Å². The Balaban J connectivity index is 2.16. The van der Waals surface area contributed by atoms with Gasteiger partial charge in [-0.3, -0.25) is 0 Å². The molecule has 1 fully saturated rings. The summed E-state index contributed by atoms with van der Waals surface area (Å²) in [5, 5.41) is 10.2. The topological polar surface area (TPSA) is 20.2 Å². The second-order valence-electron chi connectivity index (χ2n) is 3.98. The van der Waals surface area contributed by atoms with Gasteiger partial charge in [-0.2, -0.15) is 11.8 Å². The summed E-state index contributed by atoms with van der Waals surface area (Å²) in [5.41, 5.74) is 0.213. The zero-order chi connectivity index (χ0) is 10.9. The van der Waals surface area contributed by atoms with Crippen molar-refractivity contribution < 1.29 is 9.50 Å². The molecular formula is C11H12BrFOS. The van der Waals surface area contributed by atoms with Crippen LogP contribution in [0.3, 0.4) is 0 Å². The number of halogens is 2. The van der Waals surface area contributed by atoms with Crippen LogP contribution in [-0.2, 0) is 6.42 Å². The molecule has 1 N–H and O–H groups in total. The molecule has 1 nitrogen and oxygen atoms in total. The van der Waals surface area contributed by atoms with Crippen molar-refractivity contribution in [3.63, 3.8) is 0 Å². The average molecular weight is 291 g/mol. The monoisotopic (exact) mass is 290 g/mol. The Morgan fingerprint density at radius 3 is 2.87 bits per heavy atom. The molecule has 1 atom stereocenters. The lowest BCUT2D eigenvalue weighted by molar-refractivity contribution is 0.0686. The number of thioether (sulfide) groups is 1. The van der Waals surface area contributed by atoms with Gasteiger partial charge in [0.2, 0.25) is 0 Å². The summed E-state index contributed by atoms with van der Waals surface area (Å²) in [6.07, 6.45) is 1.34. The molecule has 0 radical (unpaired) electrons. The van der Waals surface area contributed by atoms with Crippen LogP contribution < -0.4 is 0 Å². The highest BCUT2D eigenvalue weighted by Crippen LogP contribution is 2.31. The van der Waals surface area contributed by atoms with Gasteiger partial charge in [0.15, 0.2) is 0 Å². The predicted octanol–water partition coefficient (Wildman–Crippen LogP) is 3.00. The first-order valence-corrected chi connectivity index (χ1v) is 6.77. The van der Waals surface area contributed by atoms with Crippen molar-refractivity contribution in [2.75, 3.05) is 11.5 Å². The lowest BCUT2D eigenvalue weighted by Crippen LogP contribution is -2.30. The van der Waals surface area contributed by atoms with E-state index in [0.717, 1.165) is 28.0 Å². The Kier molecular flexibility index (Phi) is 3.38. The molecule has 1 unspecified atom stereocenters. The van der Waals surface area contributed by atoms with Gasteiger partial charge >= 0.3 is 0 Å². The molecule has 4 heteroatoms. The van der Waals surface area contributed by atoms with Crippen LogP contribution >= 0.6 is 27.7 Å². The summed E-state index contributed by atoms with van der Waals surface area (Å²) in [4.78, 5) is 0. The van der Waals surface area contributed by atoms with Gasteiger partial charge in [-0.05, 0) is 35.9 Å². The molecular weight excluding hydrogens is 279 g/mol. The fourth-order valence-electron chi connectivity index (χ4n) is 1.83. The highest BCUT2D eigenvalue weighted by molar-refractivity contribution is 9.10. The van der Waals surface area contributed by atoms with Crippen LogP contribution in [0.15, 0.2) is 22.7 Å². The molecule has 2 rings (SSSR count). The fourth-order valence-corrected chi connectivity index (χ4v) is 3.64. The minimum atomic E-state index is -0.641. The third kappa shape index (κ3) is 2.95. The SMILES string of the molecule is OC1(Cc2cc(F)cc(Br)c2)CCSC1. The van der Waals surface area contributed by atoms with E-state index < -0.39 is 5.60 Å². The van der Waals surface area contributed by atoms with Gasteiger partial charge in [0.05, 0.1) is 5.60 Å². The number of hydrogen-bond donors (Lipinski definition) is 1. The molecule has 15 heavy (non-hydrogen) atoms. The van der Waals surface area contributed by atoms with Gasteiger partial charge in [-0.15, -0.1) is 0 Å². The quantitative estimate of drug-likeness (QED) is 0.904. The van der Waals surface area contributed by atoms with Crippen LogP contribution in [0, 0.1) is 5.82 Å². The largest absolute Gasteiger partial charge is 0.389 e. The first-order chi connectivity index (χ1) is 7.07. The predicted molar refractivity (Wildman–Crippen MR) is 64.7 cm³/mol. The standard InChI is InChI=1S/C11H12BrFOS/c12-9-3-8(4-10(13)5-9)6-11(14)1-2-15-7-11/h3-5,14H,1-2,6-7H2. The zero-order valence-corrected chi connectivity index (χ0v) is 10.6. The van der Waals surface area contributed by atoms with E-state index in [1.807, 2.05) is 6.07 Å². The normalized spacial score (nSPS) is 25.8. The molecule has 0 bridgehead atoms. The first-order valence-electron chi connectivity index (χ1n) is 4.83. The van der Waals surface area contributed by atoms with E-state index in [-0.39, 0.29) is 5.82 Å². The second-order valence-corrected chi connectivity index (χ2v) is 6.00. The van der Waals surface area contributed by atoms with Crippen LogP contribution in [0.2, 0.25) is 0 Å². The van der Waals surface area contributed by atoms with E-state index in [9.17, 15) is 9.50 Å². The van der Waals surface area contributed by atoms with Crippen LogP contribution in [0.4, 0.5) is 4.39 Å². The smallest absolute Gasteiger partial charge is 0.124 e. The Bertz CT molecular complexity index is 343. The van der Waals surface area contributed by atoms with E-state index >= 15 is 0 Å². The maximum absolute atomic E-state index is 13.1. The minimum absolute atomic E-state index is 0.256. The molecule has 82 valence electrons. The summed E-state index contributed by atoms with van der Waals surface area (Å²) in [6, 6.07) is 4.78. The third-order valence-corrected chi connectivity index (χ3v) is 4.23. The Morgan fingerprint density at radius 2 is 2.27 bits per heavy atom. The maximum Gasteiger partial charge on any atom is 0.124 e. The minimum Gasteiger partial charge on any atom is -0.389 e. The molecule has 0 aromatic heterocycles. The van der Waals surface area contributed by atoms with Crippen molar-refractivity contribution in [2.24, 2.45) is 0 Å². The lowest BCUT2D eigenvalue weighted by Gasteiger charge is -2.21. The van der Waals surface area contributed by atoms with Crippen molar-refractivity contribution in [1.82, 2.24) is 0 Å². The van der Waals surface area contributed by atoms with Crippen LogP contribution in [0.25, 0.3) is 0 Å². The van der Waals surface area contributed by atoms with Gasteiger partial charge in [0.25, 0.3) is 0 Å². The molecule has 1 aromatic carbocycles. The number of benzene rings is 1. The van der Waals surface area contributed by atoms with Crippen LogP contribution in [0.5, 0.6) is 0 Å². The molecule has 0 aliphatic carbocycles. The van der Waals surface area contributed by atoms with Gasteiger partial charge in [0, 0.05) is 16.6 Å². The van der Waals surface area contributed by atoms with Gasteiger partial charge in [-0.1, -0.05) is 15.9 Å². The summed E-state index contributed by atoms with van der Waals surface area (Å²) in [7, 11) is 0. The highest BCUT2D eigenvalue weighted by atomic mass is 79.9. The highest BCUT2D eigenvalue weighted by Gasteiger charge is 2.31. The number of rotatable bonds is 2. The Morgan fingerprint density at radius 1 is 1.47 bits per heavy atom. The second kappa shape index (κ2) is 4.44. The molecule has 0 saturated carbocycles. The van der Waals surface area contributed by atoms with Crippen molar-refractivity contribution in [2.45, 2.75) is 18.4 Å². The van der Waals surface area contributed by atoms with Gasteiger partial charge in [-0.25, -0.2) is 4.39 Å². The van der Waals surface area contributed by atoms with Gasteiger partial charge in [0.1, 0.15) is 5.82 Å². The van der Waals surface area contributed by atoms with Crippen LogP contribution in [-0.4, -0.2) is 22.2 Å². The lowest BCUT2D eigenvalue weighted by atomic mass is 9.94. The Hall–Kier alpha value is -0.0600. The molecule has 1 aliphatic rings. The average Bonchev–Trinajstić information content (AvgIpc) is 2.49. The van der Waals surface area contributed by atoms with Crippen LogP contribution in [0.1, 0.15) is 12.0 Å². The van der Waals surface area contributed by atoms with E-state index in [4.69, 9.17) is 0 Å². The first kappa shape index (κ1) is 11.4. The zero-order valence-electron chi connectivity index (χ0n) is 8.17. The maximum atomic E-state index is 13.1. The van der Waals surface area contributed by atoms with Crippen molar-refractivity contribution in [1.29, 1.82) is 0 Å². The molecule has 1 saturated heterocycles. The van der Waals surface area contributed by atoms with E-state index in [1.54, 1.807) is 11.8 Å². The van der Waals surface area contributed by atoms with E-state index in [2.05, 4.69) is 15.9 Å². The van der Waals surface area contributed by atoms with E-state index in [1.165, 1.54) is 12.1 Å². The third-order valence-electron chi connectivity index (χ3n) is 2.54.